The highest BCUT2D eigenvalue weighted by Gasteiger charge is 2.35. The summed E-state index contributed by atoms with van der Waals surface area (Å²) in [5.41, 5.74) is 2.72. The molecular formula is C32H43O2S2+. The lowest BCUT2D eigenvalue weighted by Crippen LogP contribution is -2.21. The number of carbonyl (C=O) groups excluding carboxylic acids is 1. The molecule has 0 bridgehead atoms. The van der Waals surface area contributed by atoms with E-state index < -0.39 is 0 Å². The molecule has 0 spiro atoms. The maximum atomic E-state index is 13.2. The molecule has 4 heteroatoms. The van der Waals surface area contributed by atoms with E-state index in [4.69, 9.17) is 0 Å². The summed E-state index contributed by atoms with van der Waals surface area (Å²) in [6.07, 6.45) is 8.00. The first-order valence-electron chi connectivity index (χ1n) is 12.7. The lowest BCUT2D eigenvalue weighted by atomic mass is 9.84. The summed E-state index contributed by atoms with van der Waals surface area (Å²) in [6, 6.07) is 4.30. The van der Waals surface area contributed by atoms with Gasteiger partial charge >= 0.3 is 0 Å². The van der Waals surface area contributed by atoms with E-state index in [9.17, 15) is 9.90 Å². The van der Waals surface area contributed by atoms with E-state index in [0.29, 0.717) is 11.1 Å². The van der Waals surface area contributed by atoms with Crippen LogP contribution in [0, 0.1) is 10.8 Å². The number of rotatable bonds is 2. The molecule has 1 aromatic rings. The van der Waals surface area contributed by atoms with Crippen LogP contribution in [0.15, 0.2) is 62.6 Å². The van der Waals surface area contributed by atoms with Gasteiger partial charge in [0.2, 0.25) is 26.9 Å². The third-order valence-corrected chi connectivity index (χ3v) is 10.0. The third kappa shape index (κ3) is 6.31. The van der Waals surface area contributed by atoms with Crippen molar-refractivity contribution in [1.82, 2.24) is 0 Å². The first-order chi connectivity index (χ1) is 16.2. The lowest BCUT2D eigenvalue weighted by Gasteiger charge is -2.32. The fourth-order valence-electron chi connectivity index (χ4n) is 3.73. The van der Waals surface area contributed by atoms with Crippen LogP contribution < -0.4 is 0 Å². The molecule has 3 rings (SSSR count). The van der Waals surface area contributed by atoms with Crippen molar-refractivity contribution in [3.63, 3.8) is 0 Å². The molecule has 0 atom stereocenters. The number of aliphatic hydroxyl groups is 1. The second-order valence-electron chi connectivity index (χ2n) is 14.0. The van der Waals surface area contributed by atoms with Gasteiger partial charge in [0.15, 0.2) is 0 Å². The predicted molar refractivity (Wildman–Crippen MR) is 160 cm³/mol. The first-order valence-corrected chi connectivity index (χ1v) is 14.3. The summed E-state index contributed by atoms with van der Waals surface area (Å²) in [5, 5.41) is 10.9. The van der Waals surface area contributed by atoms with Gasteiger partial charge in [0.05, 0.1) is 11.1 Å². The molecule has 0 saturated heterocycles. The zero-order valence-corrected chi connectivity index (χ0v) is 25.8. The third-order valence-electron chi connectivity index (χ3n) is 6.21. The van der Waals surface area contributed by atoms with Crippen LogP contribution in [0.1, 0.15) is 98.4 Å². The summed E-state index contributed by atoms with van der Waals surface area (Å²) < 4.78 is 0. The molecule has 1 N–H and O–H groups in total. The van der Waals surface area contributed by atoms with Gasteiger partial charge in [-0.1, -0.05) is 94.8 Å². The zero-order chi connectivity index (χ0) is 27.4. The predicted octanol–water partition coefficient (Wildman–Crippen LogP) is 9.94. The van der Waals surface area contributed by atoms with Crippen LogP contribution in [0.4, 0.5) is 0 Å². The Labute approximate surface area is 227 Å². The Balaban J connectivity index is 2.07. The number of ketones is 1. The fraction of sp³-hybridized carbons (Fsp3) is 0.500. The molecule has 1 aromatic heterocycles. The molecule has 2 heterocycles. The standard InChI is InChI=1S/C32H42O2S2/c1-29(2,3)23-15-19(16-24(35-23)30(4,5)6)13-21-27(33)22(28(21)34)14-20-17-25(31(7,8)9)36-26(18-20)32(10,11)12/h13-18H,1-12H3/p+1. The molecule has 2 aliphatic rings. The first kappa shape index (κ1) is 28.7. The molecule has 194 valence electrons. The molecule has 0 aromatic carbocycles. The molecule has 0 unspecified atom stereocenters. The molecule has 36 heavy (non-hydrogen) atoms. The minimum atomic E-state index is -0.100. The zero-order valence-electron chi connectivity index (χ0n) is 24.1. The smallest absolute Gasteiger partial charge is 0.219 e. The summed E-state index contributed by atoms with van der Waals surface area (Å²) in [4.78, 5) is 18.2. The molecule has 1 aliphatic carbocycles. The van der Waals surface area contributed by atoms with Crippen LogP contribution in [0.3, 0.4) is 0 Å². The van der Waals surface area contributed by atoms with Crippen LogP contribution in [-0.4, -0.2) is 10.9 Å². The summed E-state index contributed by atoms with van der Waals surface area (Å²) in [5.74, 6) is -0.0129. The molecular weight excluding hydrogens is 480 g/mol. The number of hydrogen-bond donors (Lipinski definition) is 1. The highest BCUT2D eigenvalue weighted by atomic mass is 32.2. The van der Waals surface area contributed by atoms with E-state index in [1.807, 2.05) is 35.3 Å². The van der Waals surface area contributed by atoms with Crippen LogP contribution in [-0.2, 0) is 15.6 Å². The summed E-state index contributed by atoms with van der Waals surface area (Å²) >= 11 is 3.64. The largest absolute Gasteiger partial charge is 0.506 e. The van der Waals surface area contributed by atoms with Crippen molar-refractivity contribution in [2.24, 2.45) is 10.8 Å². The van der Waals surface area contributed by atoms with Crippen molar-refractivity contribution >= 4 is 35.0 Å². The Hall–Kier alpha value is -1.91. The molecule has 2 nitrogen and oxygen atoms in total. The monoisotopic (exact) mass is 523 g/mol. The van der Waals surface area contributed by atoms with Crippen molar-refractivity contribution in [3.8, 4) is 0 Å². The Morgan fingerprint density at radius 1 is 0.722 bits per heavy atom. The van der Waals surface area contributed by atoms with Gasteiger partial charge < -0.3 is 5.11 Å². The molecule has 1 aliphatic heterocycles. The van der Waals surface area contributed by atoms with Crippen LogP contribution in [0.5, 0.6) is 0 Å². The number of carbonyl (C=O) groups is 1. The Morgan fingerprint density at radius 2 is 1.17 bits per heavy atom. The lowest BCUT2D eigenvalue weighted by molar-refractivity contribution is -0.113. The fourth-order valence-corrected chi connectivity index (χ4v) is 6.21. The van der Waals surface area contributed by atoms with E-state index in [1.165, 1.54) is 19.6 Å². The summed E-state index contributed by atoms with van der Waals surface area (Å²) in [6.45, 7) is 26.5. The number of hydrogen-bond acceptors (Lipinski definition) is 3. The van der Waals surface area contributed by atoms with E-state index in [1.54, 1.807) is 0 Å². The van der Waals surface area contributed by atoms with Crippen LogP contribution >= 0.6 is 23.1 Å². The minimum Gasteiger partial charge on any atom is -0.506 e. The van der Waals surface area contributed by atoms with Gasteiger partial charge in [-0.15, -0.1) is 0 Å². The van der Waals surface area contributed by atoms with E-state index >= 15 is 0 Å². The van der Waals surface area contributed by atoms with Gasteiger partial charge in [-0.2, -0.15) is 0 Å². The maximum absolute atomic E-state index is 13.2. The van der Waals surface area contributed by atoms with Crippen LogP contribution in [0.2, 0.25) is 0 Å². The average Bonchev–Trinajstić information content (AvgIpc) is 2.72. The van der Waals surface area contributed by atoms with Crippen molar-refractivity contribution in [1.29, 1.82) is 0 Å². The van der Waals surface area contributed by atoms with E-state index in [2.05, 4.69) is 107 Å². The Morgan fingerprint density at radius 3 is 1.53 bits per heavy atom. The second kappa shape index (κ2) is 9.44. The van der Waals surface area contributed by atoms with E-state index in [-0.39, 0.29) is 33.2 Å². The normalized spacial score (nSPS) is 18.8. The maximum Gasteiger partial charge on any atom is 0.219 e. The highest BCUT2D eigenvalue weighted by molar-refractivity contribution is 8.06. The van der Waals surface area contributed by atoms with Crippen molar-refractivity contribution in [2.75, 3.05) is 0 Å². The van der Waals surface area contributed by atoms with Gasteiger partial charge in [-0.3, -0.25) is 4.79 Å². The van der Waals surface area contributed by atoms with Gasteiger partial charge in [-0.05, 0) is 56.1 Å². The number of Topliss-reactive ketones (excluding diaryl/α,β-unsaturated/α-hetero) is 1. The van der Waals surface area contributed by atoms with Crippen LogP contribution in [0.25, 0.3) is 6.08 Å². The molecule has 0 saturated carbocycles. The molecule has 0 fully saturated rings. The van der Waals surface area contributed by atoms with Gasteiger partial charge in [-0.25, -0.2) is 0 Å². The quantitative estimate of drug-likeness (QED) is 0.309. The highest BCUT2D eigenvalue weighted by Crippen LogP contribution is 2.49. The number of thioether (sulfide) groups is 1. The topological polar surface area (TPSA) is 37.3 Å². The van der Waals surface area contributed by atoms with E-state index in [0.717, 1.165) is 11.1 Å². The SMILES string of the molecule is CC(C)(C)C1=CC(=CC2=C(O)/C(=C/c3cc(C(C)(C)C)[s+]c(C(C)(C)C)c3)C2=O)C=C(C(C)(C)C)S1. The Kier molecular flexibility index (Phi) is 7.51. The van der Waals surface area contributed by atoms with Gasteiger partial charge in [0.1, 0.15) is 5.76 Å². The van der Waals surface area contributed by atoms with Gasteiger partial charge in [0.25, 0.3) is 0 Å². The van der Waals surface area contributed by atoms with Crippen molar-refractivity contribution in [3.05, 3.63) is 78.0 Å². The second-order valence-corrected chi connectivity index (χ2v) is 16.2. The summed E-state index contributed by atoms with van der Waals surface area (Å²) in [7, 11) is 0. The van der Waals surface area contributed by atoms with Gasteiger partial charge in [0, 0.05) is 23.0 Å². The number of aliphatic hydroxyl groups excluding tert-OH is 1. The Bertz CT molecular complexity index is 1170. The molecule has 0 radical (unpaired) electrons. The number of allylic oxidation sites excluding steroid dienone is 8. The minimum absolute atomic E-state index is 0.00343. The average molecular weight is 524 g/mol. The van der Waals surface area contributed by atoms with Crippen molar-refractivity contribution in [2.45, 2.75) is 93.9 Å². The van der Waals surface area contributed by atoms with Crippen molar-refractivity contribution < 1.29 is 9.90 Å². The molecule has 0 amide bonds.